The first-order chi connectivity index (χ1) is 7.06. The normalized spacial score (nSPS) is 12.1. The molecule has 0 spiro atoms. The molecule has 0 amide bonds. The van der Waals surface area contributed by atoms with E-state index in [1.54, 1.807) is 6.08 Å². The molecular formula is C10H12N2O3. The number of rotatable bonds is 4. The van der Waals surface area contributed by atoms with Crippen LogP contribution in [-0.4, -0.2) is 10.0 Å². The van der Waals surface area contributed by atoms with Gasteiger partial charge < -0.3 is 10.8 Å². The maximum atomic E-state index is 10.7. The zero-order valence-electron chi connectivity index (χ0n) is 8.09. The second-order valence-corrected chi connectivity index (χ2v) is 3.13. The van der Waals surface area contributed by atoms with Crippen molar-refractivity contribution in [2.24, 2.45) is 5.73 Å². The fourth-order valence-corrected chi connectivity index (χ4v) is 1.31. The van der Waals surface area contributed by atoms with Crippen molar-refractivity contribution in [3.05, 3.63) is 46.5 Å². The number of nitrogens with two attached hydrogens (primary N) is 1. The Balaban J connectivity index is 3.17. The van der Waals surface area contributed by atoms with E-state index in [0.717, 1.165) is 0 Å². The largest absolute Gasteiger partial charge is 0.508 e. The Morgan fingerprint density at radius 2 is 2.33 bits per heavy atom. The second-order valence-electron chi connectivity index (χ2n) is 3.13. The Morgan fingerprint density at radius 1 is 1.67 bits per heavy atom. The summed E-state index contributed by atoms with van der Waals surface area (Å²) in [6.45, 7) is 3.51. The van der Waals surface area contributed by atoms with Gasteiger partial charge >= 0.3 is 0 Å². The first kappa shape index (κ1) is 11.2. The van der Waals surface area contributed by atoms with E-state index in [1.165, 1.54) is 18.2 Å². The Bertz CT molecular complexity index is 390. The van der Waals surface area contributed by atoms with Gasteiger partial charge in [0.1, 0.15) is 5.75 Å². The predicted molar refractivity (Wildman–Crippen MR) is 56.5 cm³/mol. The molecule has 0 fully saturated rings. The maximum Gasteiger partial charge on any atom is 0.274 e. The highest BCUT2D eigenvalue weighted by Crippen LogP contribution is 2.29. The van der Waals surface area contributed by atoms with Crippen LogP contribution in [0.5, 0.6) is 5.75 Å². The van der Waals surface area contributed by atoms with Crippen molar-refractivity contribution in [2.45, 2.75) is 12.5 Å². The number of hydrogen-bond acceptors (Lipinski definition) is 4. The molecule has 0 bridgehead atoms. The van der Waals surface area contributed by atoms with Crippen LogP contribution in [0.15, 0.2) is 30.9 Å². The highest BCUT2D eigenvalue weighted by Gasteiger charge is 2.18. The van der Waals surface area contributed by atoms with Gasteiger partial charge in [-0.2, -0.15) is 0 Å². The van der Waals surface area contributed by atoms with E-state index in [1.807, 2.05) is 0 Å². The lowest BCUT2D eigenvalue weighted by Gasteiger charge is -2.09. The number of aromatic hydroxyl groups is 1. The van der Waals surface area contributed by atoms with Crippen molar-refractivity contribution in [3.8, 4) is 5.75 Å². The highest BCUT2D eigenvalue weighted by atomic mass is 16.6. The predicted octanol–water partition coefficient (Wildman–Crippen LogP) is 1.88. The molecule has 0 saturated heterocycles. The minimum atomic E-state index is -0.519. The van der Waals surface area contributed by atoms with Gasteiger partial charge in [0.15, 0.2) is 0 Å². The molecule has 1 rings (SSSR count). The van der Waals surface area contributed by atoms with E-state index in [4.69, 9.17) is 5.73 Å². The molecule has 0 aliphatic carbocycles. The Kier molecular flexibility index (Phi) is 3.41. The van der Waals surface area contributed by atoms with Crippen molar-refractivity contribution in [3.63, 3.8) is 0 Å². The molecule has 0 aromatic heterocycles. The average Bonchev–Trinajstić information content (AvgIpc) is 2.17. The first-order valence-corrected chi connectivity index (χ1v) is 4.40. The second kappa shape index (κ2) is 4.56. The number of hydrogen-bond donors (Lipinski definition) is 2. The van der Waals surface area contributed by atoms with E-state index in [0.29, 0.717) is 12.0 Å². The number of nitrogens with zero attached hydrogens (tertiary/aromatic N) is 1. The summed E-state index contributed by atoms with van der Waals surface area (Å²) in [5.74, 6) is -0.0323. The summed E-state index contributed by atoms with van der Waals surface area (Å²) in [5, 5.41) is 19.9. The topological polar surface area (TPSA) is 89.4 Å². The average molecular weight is 208 g/mol. The molecule has 0 aliphatic heterocycles. The van der Waals surface area contributed by atoms with Gasteiger partial charge in [0.2, 0.25) is 0 Å². The molecule has 0 unspecified atom stereocenters. The van der Waals surface area contributed by atoms with Crippen molar-refractivity contribution in [2.75, 3.05) is 0 Å². The molecule has 3 N–H and O–H groups in total. The van der Waals surface area contributed by atoms with Crippen LogP contribution in [0.25, 0.3) is 0 Å². The van der Waals surface area contributed by atoms with E-state index >= 15 is 0 Å². The molecule has 1 atom stereocenters. The van der Waals surface area contributed by atoms with Crippen molar-refractivity contribution >= 4 is 5.69 Å². The third-order valence-corrected chi connectivity index (χ3v) is 2.03. The van der Waals surface area contributed by atoms with Gasteiger partial charge in [-0.25, -0.2) is 0 Å². The zero-order valence-corrected chi connectivity index (χ0v) is 8.09. The van der Waals surface area contributed by atoms with Crippen LogP contribution < -0.4 is 5.73 Å². The summed E-state index contributed by atoms with van der Waals surface area (Å²) in [6, 6.07) is 3.30. The van der Waals surface area contributed by atoms with E-state index in [9.17, 15) is 15.2 Å². The number of phenolic OH excluding ortho intramolecular Hbond substituents is 1. The fraction of sp³-hybridized carbons (Fsp3) is 0.200. The number of nitro benzene ring substituents is 1. The fourth-order valence-electron chi connectivity index (χ4n) is 1.31. The SMILES string of the molecule is C=CC[C@H](N)c1cc(O)ccc1[N+](=O)[O-]. The minimum Gasteiger partial charge on any atom is -0.508 e. The Labute approximate surface area is 87.0 Å². The lowest BCUT2D eigenvalue weighted by atomic mass is 10.0. The first-order valence-electron chi connectivity index (χ1n) is 4.40. The molecule has 1 aromatic rings. The van der Waals surface area contributed by atoms with Gasteiger partial charge in [0, 0.05) is 12.1 Å². The lowest BCUT2D eigenvalue weighted by Crippen LogP contribution is -2.11. The number of benzene rings is 1. The Morgan fingerprint density at radius 3 is 2.87 bits per heavy atom. The zero-order chi connectivity index (χ0) is 11.4. The van der Waals surface area contributed by atoms with Crippen LogP contribution in [0.1, 0.15) is 18.0 Å². The highest BCUT2D eigenvalue weighted by molar-refractivity contribution is 5.46. The summed E-state index contributed by atoms with van der Waals surface area (Å²) in [7, 11) is 0. The van der Waals surface area contributed by atoms with Crippen molar-refractivity contribution in [1.82, 2.24) is 0 Å². The van der Waals surface area contributed by atoms with E-state index in [-0.39, 0.29) is 11.4 Å². The van der Waals surface area contributed by atoms with Gasteiger partial charge in [0.25, 0.3) is 5.69 Å². The van der Waals surface area contributed by atoms with Crippen LogP contribution in [0.2, 0.25) is 0 Å². The van der Waals surface area contributed by atoms with Crippen molar-refractivity contribution < 1.29 is 10.0 Å². The molecule has 0 radical (unpaired) electrons. The molecule has 1 aromatic carbocycles. The summed E-state index contributed by atoms with van der Waals surface area (Å²) in [5.41, 5.74) is 5.96. The van der Waals surface area contributed by atoms with Gasteiger partial charge in [-0.3, -0.25) is 10.1 Å². The molecule has 15 heavy (non-hydrogen) atoms. The third-order valence-electron chi connectivity index (χ3n) is 2.03. The van der Waals surface area contributed by atoms with E-state index in [2.05, 4.69) is 6.58 Å². The standard InChI is InChI=1S/C10H12N2O3/c1-2-3-9(11)8-6-7(13)4-5-10(8)12(14)15/h2,4-6,9,13H,1,3,11H2/t9-/m0/s1. The summed E-state index contributed by atoms with van der Waals surface area (Å²) in [4.78, 5) is 10.2. The van der Waals surface area contributed by atoms with Gasteiger partial charge in [-0.05, 0) is 18.6 Å². The Hall–Kier alpha value is -1.88. The third kappa shape index (κ3) is 2.54. The van der Waals surface area contributed by atoms with E-state index < -0.39 is 11.0 Å². The van der Waals surface area contributed by atoms with Crippen LogP contribution in [0.3, 0.4) is 0 Å². The minimum absolute atomic E-state index is 0.0323. The molecule has 5 heteroatoms. The van der Waals surface area contributed by atoms with Gasteiger partial charge in [0.05, 0.1) is 10.5 Å². The van der Waals surface area contributed by atoms with Gasteiger partial charge in [-0.15, -0.1) is 6.58 Å². The summed E-state index contributed by atoms with van der Waals surface area (Å²) >= 11 is 0. The molecule has 0 heterocycles. The monoisotopic (exact) mass is 208 g/mol. The summed E-state index contributed by atoms with van der Waals surface area (Å²) < 4.78 is 0. The van der Waals surface area contributed by atoms with Crippen LogP contribution >= 0.6 is 0 Å². The molecule has 0 saturated carbocycles. The lowest BCUT2D eigenvalue weighted by molar-refractivity contribution is -0.385. The van der Waals surface area contributed by atoms with Crippen LogP contribution in [-0.2, 0) is 0 Å². The molecule has 0 aliphatic rings. The summed E-state index contributed by atoms with van der Waals surface area (Å²) in [6.07, 6.45) is 2.00. The number of phenols is 1. The molecule has 80 valence electrons. The van der Waals surface area contributed by atoms with Crippen molar-refractivity contribution in [1.29, 1.82) is 0 Å². The molecule has 5 nitrogen and oxygen atoms in total. The van der Waals surface area contributed by atoms with Crippen LogP contribution in [0.4, 0.5) is 5.69 Å². The quantitative estimate of drug-likeness (QED) is 0.449. The maximum absolute atomic E-state index is 10.7. The van der Waals surface area contributed by atoms with Gasteiger partial charge in [-0.1, -0.05) is 6.08 Å². The number of nitro groups is 1. The van der Waals surface area contributed by atoms with Crippen LogP contribution in [0, 0.1) is 10.1 Å². The smallest absolute Gasteiger partial charge is 0.274 e. The molecular weight excluding hydrogens is 196 g/mol.